The Hall–Kier alpha value is -2.11. The molecule has 1 aromatic heterocycles. The topological polar surface area (TPSA) is 71.5 Å². The minimum absolute atomic E-state index is 0.0585. The summed E-state index contributed by atoms with van der Waals surface area (Å²) in [4.78, 5) is 28.3. The van der Waals surface area contributed by atoms with E-state index in [1.807, 2.05) is 0 Å². The van der Waals surface area contributed by atoms with E-state index in [1.54, 1.807) is 32.4 Å². The average molecular weight is 293 g/mol. The second-order valence-electron chi connectivity index (χ2n) is 4.95. The number of aromatic nitrogens is 1. The van der Waals surface area contributed by atoms with Crippen molar-refractivity contribution >= 4 is 17.7 Å². The number of esters is 1. The van der Waals surface area contributed by atoms with Gasteiger partial charge in [-0.25, -0.2) is 4.98 Å². The van der Waals surface area contributed by atoms with Crippen LogP contribution in [0.5, 0.6) is 0 Å². The van der Waals surface area contributed by atoms with Crippen LogP contribution in [0, 0.1) is 0 Å². The van der Waals surface area contributed by atoms with E-state index >= 15 is 0 Å². The van der Waals surface area contributed by atoms with Crippen LogP contribution in [0.1, 0.15) is 36.0 Å². The van der Waals surface area contributed by atoms with Crippen LogP contribution in [0.4, 0.5) is 5.82 Å². The van der Waals surface area contributed by atoms with Gasteiger partial charge in [0.2, 0.25) is 0 Å². The molecule has 1 aromatic rings. The first-order chi connectivity index (χ1) is 10.0. The van der Waals surface area contributed by atoms with Gasteiger partial charge in [-0.15, -0.1) is 0 Å². The van der Waals surface area contributed by atoms with Gasteiger partial charge < -0.3 is 15.0 Å². The third-order valence-corrected chi connectivity index (χ3v) is 3.01. The van der Waals surface area contributed by atoms with E-state index in [4.69, 9.17) is 0 Å². The van der Waals surface area contributed by atoms with Crippen molar-refractivity contribution in [1.82, 2.24) is 9.88 Å². The number of hydrogen-bond donors (Lipinski definition) is 1. The maximum absolute atomic E-state index is 11.7. The summed E-state index contributed by atoms with van der Waals surface area (Å²) in [5.74, 6) is 0.529. The van der Waals surface area contributed by atoms with Gasteiger partial charge in [-0.05, 0) is 25.0 Å². The molecule has 0 atom stereocenters. The molecule has 6 heteroatoms. The molecule has 21 heavy (non-hydrogen) atoms. The molecule has 116 valence electrons. The van der Waals surface area contributed by atoms with Gasteiger partial charge in [0.05, 0.1) is 12.7 Å². The van der Waals surface area contributed by atoms with Crippen LogP contribution in [0.3, 0.4) is 0 Å². The standard InChI is InChI=1S/C15H23N3O3/c1-18(2)15(20)12-8-9-13(17-11-12)16-10-6-4-5-7-14(19)21-3/h8-9,11H,4-7,10H2,1-3H3,(H,16,17). The van der Waals surface area contributed by atoms with E-state index in [0.29, 0.717) is 12.0 Å². The summed E-state index contributed by atoms with van der Waals surface area (Å²) in [7, 11) is 4.83. The second-order valence-corrected chi connectivity index (χ2v) is 4.95. The Kier molecular flexibility index (Phi) is 7.21. The Labute approximate surface area is 125 Å². The Bertz CT molecular complexity index is 458. The summed E-state index contributed by atoms with van der Waals surface area (Å²) >= 11 is 0. The molecule has 0 saturated heterocycles. The number of nitrogens with zero attached hydrogens (tertiary/aromatic N) is 2. The molecule has 0 aromatic carbocycles. The SMILES string of the molecule is COC(=O)CCCCCNc1ccc(C(=O)N(C)C)cn1. The number of pyridine rings is 1. The molecule has 0 bridgehead atoms. The first-order valence-electron chi connectivity index (χ1n) is 7.03. The second kappa shape index (κ2) is 8.94. The molecule has 0 aliphatic carbocycles. The highest BCUT2D eigenvalue weighted by Gasteiger charge is 2.07. The van der Waals surface area contributed by atoms with Crippen molar-refractivity contribution < 1.29 is 14.3 Å². The van der Waals surface area contributed by atoms with Gasteiger partial charge >= 0.3 is 5.97 Å². The van der Waals surface area contributed by atoms with E-state index in [2.05, 4.69) is 15.0 Å². The van der Waals surface area contributed by atoms with Crippen molar-refractivity contribution in [2.45, 2.75) is 25.7 Å². The molecular weight excluding hydrogens is 270 g/mol. The molecule has 1 amide bonds. The number of carbonyl (C=O) groups is 2. The number of nitrogens with one attached hydrogen (secondary N) is 1. The molecule has 0 aliphatic rings. The zero-order valence-corrected chi connectivity index (χ0v) is 12.9. The normalized spacial score (nSPS) is 10.0. The molecule has 0 radical (unpaired) electrons. The first-order valence-corrected chi connectivity index (χ1v) is 7.03. The van der Waals surface area contributed by atoms with Crippen LogP contribution in [-0.2, 0) is 9.53 Å². The summed E-state index contributed by atoms with van der Waals surface area (Å²) in [5.41, 5.74) is 0.573. The van der Waals surface area contributed by atoms with Crippen LogP contribution < -0.4 is 5.32 Å². The van der Waals surface area contributed by atoms with Crippen LogP contribution in [0.25, 0.3) is 0 Å². The van der Waals surface area contributed by atoms with Gasteiger partial charge in [0.1, 0.15) is 5.82 Å². The predicted molar refractivity (Wildman–Crippen MR) is 81.2 cm³/mol. The molecule has 0 unspecified atom stereocenters. The monoisotopic (exact) mass is 293 g/mol. The lowest BCUT2D eigenvalue weighted by atomic mass is 10.2. The van der Waals surface area contributed by atoms with Crippen LogP contribution in [-0.4, -0.2) is 49.5 Å². The first kappa shape index (κ1) is 16.9. The number of anilines is 1. The molecule has 6 nitrogen and oxygen atoms in total. The average Bonchev–Trinajstić information content (AvgIpc) is 2.50. The van der Waals surface area contributed by atoms with Crippen molar-refractivity contribution in [3.05, 3.63) is 23.9 Å². The molecule has 0 fully saturated rings. The summed E-state index contributed by atoms with van der Waals surface area (Å²) in [6.45, 7) is 0.787. The van der Waals surface area contributed by atoms with Gasteiger partial charge in [0.15, 0.2) is 0 Å². The minimum Gasteiger partial charge on any atom is -0.469 e. The van der Waals surface area contributed by atoms with E-state index < -0.39 is 0 Å². The van der Waals surface area contributed by atoms with Crippen LogP contribution >= 0.6 is 0 Å². The molecule has 1 rings (SSSR count). The molecule has 1 N–H and O–H groups in total. The maximum atomic E-state index is 11.7. The molecule has 0 aliphatic heterocycles. The lowest BCUT2D eigenvalue weighted by Gasteiger charge is -2.10. The summed E-state index contributed by atoms with van der Waals surface area (Å²) in [6.07, 6.45) is 4.78. The van der Waals surface area contributed by atoms with Crippen molar-refractivity contribution in [3.63, 3.8) is 0 Å². The number of carbonyl (C=O) groups excluding carboxylic acids is 2. The lowest BCUT2D eigenvalue weighted by Crippen LogP contribution is -2.21. The van der Waals surface area contributed by atoms with Gasteiger partial charge in [-0.3, -0.25) is 9.59 Å². The number of rotatable bonds is 8. The summed E-state index contributed by atoms with van der Waals surface area (Å²) in [5, 5.41) is 3.19. The zero-order valence-electron chi connectivity index (χ0n) is 12.9. The molecule has 0 spiro atoms. The van der Waals surface area contributed by atoms with Gasteiger partial charge in [0, 0.05) is 33.3 Å². The highest BCUT2D eigenvalue weighted by atomic mass is 16.5. The third kappa shape index (κ3) is 6.25. The quantitative estimate of drug-likeness (QED) is 0.586. The molecule has 0 saturated carbocycles. The van der Waals surface area contributed by atoms with Gasteiger partial charge in [-0.2, -0.15) is 0 Å². The fourth-order valence-electron chi connectivity index (χ4n) is 1.77. The number of hydrogen-bond acceptors (Lipinski definition) is 5. The summed E-state index contributed by atoms with van der Waals surface area (Å²) < 4.78 is 4.58. The lowest BCUT2D eigenvalue weighted by molar-refractivity contribution is -0.140. The van der Waals surface area contributed by atoms with Crippen molar-refractivity contribution in [1.29, 1.82) is 0 Å². The van der Waals surface area contributed by atoms with Crippen LogP contribution in [0.2, 0.25) is 0 Å². The molecule has 1 heterocycles. The van der Waals surface area contributed by atoms with Crippen molar-refractivity contribution in [3.8, 4) is 0 Å². The van der Waals surface area contributed by atoms with E-state index in [0.717, 1.165) is 31.6 Å². The van der Waals surface area contributed by atoms with Gasteiger partial charge in [0.25, 0.3) is 5.91 Å². The van der Waals surface area contributed by atoms with Crippen molar-refractivity contribution in [2.75, 3.05) is 33.1 Å². The zero-order chi connectivity index (χ0) is 15.7. The van der Waals surface area contributed by atoms with E-state index in [1.165, 1.54) is 12.0 Å². The largest absolute Gasteiger partial charge is 0.469 e. The Morgan fingerprint density at radius 1 is 1.24 bits per heavy atom. The van der Waals surface area contributed by atoms with Crippen molar-refractivity contribution in [2.24, 2.45) is 0 Å². The number of methoxy groups -OCH3 is 1. The van der Waals surface area contributed by atoms with Gasteiger partial charge in [-0.1, -0.05) is 6.42 Å². The minimum atomic E-state index is -0.161. The molecular formula is C15H23N3O3. The Balaban J connectivity index is 2.24. The Morgan fingerprint density at radius 3 is 2.57 bits per heavy atom. The maximum Gasteiger partial charge on any atom is 0.305 e. The smallest absolute Gasteiger partial charge is 0.305 e. The fourth-order valence-corrected chi connectivity index (χ4v) is 1.77. The fraction of sp³-hybridized carbons (Fsp3) is 0.533. The number of amides is 1. The highest BCUT2D eigenvalue weighted by Crippen LogP contribution is 2.08. The number of unbranched alkanes of at least 4 members (excludes halogenated alkanes) is 2. The predicted octanol–water partition coefficient (Wildman–Crippen LogP) is 1.93. The highest BCUT2D eigenvalue weighted by molar-refractivity contribution is 5.93. The van der Waals surface area contributed by atoms with E-state index in [9.17, 15) is 9.59 Å². The Morgan fingerprint density at radius 2 is 2.00 bits per heavy atom. The van der Waals surface area contributed by atoms with Crippen LogP contribution in [0.15, 0.2) is 18.3 Å². The third-order valence-electron chi connectivity index (χ3n) is 3.01. The van der Waals surface area contributed by atoms with E-state index in [-0.39, 0.29) is 11.9 Å². The summed E-state index contributed by atoms with van der Waals surface area (Å²) in [6, 6.07) is 3.56. The number of ether oxygens (including phenoxy) is 1.